The van der Waals surface area contributed by atoms with E-state index in [-0.39, 0.29) is 16.8 Å². The van der Waals surface area contributed by atoms with Gasteiger partial charge in [0, 0.05) is 0 Å². The minimum absolute atomic E-state index is 0. The number of hydrogen-bond acceptors (Lipinski definition) is 3. The molecular weight excluding hydrogens is 685 g/mol. The number of nitrogens with one attached hydrogen (secondary N) is 1. The molecule has 3 aromatic heterocycles. The van der Waals surface area contributed by atoms with Crippen LogP contribution in [0.15, 0.2) is 146 Å². The van der Waals surface area contributed by atoms with Crippen LogP contribution in [0, 0.1) is 5.53 Å². The van der Waals surface area contributed by atoms with Gasteiger partial charge >= 0.3 is 16.8 Å². The fourth-order valence-electron chi connectivity index (χ4n) is 6.69. The van der Waals surface area contributed by atoms with E-state index in [1.807, 2.05) is 24.3 Å². The first-order chi connectivity index (χ1) is 25.2. The number of fused-ring (bicyclic) bond motifs is 8. The Labute approximate surface area is 310 Å². The molecule has 8 bridgehead atoms. The predicted octanol–water partition coefficient (Wildman–Crippen LogP) is 11.5. The van der Waals surface area contributed by atoms with Gasteiger partial charge in [-0.2, -0.15) is 0 Å². The first-order valence-corrected chi connectivity index (χ1v) is 16.5. The summed E-state index contributed by atoms with van der Waals surface area (Å²) in [7, 11) is 0. The van der Waals surface area contributed by atoms with Crippen LogP contribution < -0.4 is 9.97 Å². The minimum Gasteiger partial charge on any atom is -0.657 e. The predicted molar refractivity (Wildman–Crippen MR) is 208 cm³/mol. The molecule has 5 heterocycles. The molecule has 0 radical (unpaired) electrons. The van der Waals surface area contributed by atoms with Crippen molar-refractivity contribution in [1.29, 1.82) is 5.53 Å². The second-order valence-corrected chi connectivity index (χ2v) is 11.9. The SMILES string of the molecule is C1=Cc2nc1c(-c1ccccc1)c1ccc([n-]1)c(-c1ccccc1)c1nc(c(-c3ccccc3)c3ccc([n-]3)c2-c2ccccc2)C=C1.[Co+3].[N-]=[N+]=N. The second kappa shape index (κ2) is 15.0. The number of rotatable bonds is 4. The third-order valence-electron chi connectivity index (χ3n) is 8.86. The van der Waals surface area contributed by atoms with Gasteiger partial charge in [-0.1, -0.05) is 146 Å². The quantitative estimate of drug-likeness (QED) is 0.111. The van der Waals surface area contributed by atoms with E-state index in [1.54, 1.807) is 4.91 Å². The molecule has 0 unspecified atom stereocenters. The van der Waals surface area contributed by atoms with E-state index in [0.717, 1.165) is 89.4 Å². The molecule has 0 fully saturated rings. The summed E-state index contributed by atoms with van der Waals surface area (Å²) in [6, 6.07) is 50.0. The summed E-state index contributed by atoms with van der Waals surface area (Å²) in [6.45, 7) is 0. The van der Waals surface area contributed by atoms with Crippen LogP contribution in [0.3, 0.4) is 0 Å². The Morgan fingerprint density at radius 3 is 0.808 bits per heavy atom. The van der Waals surface area contributed by atoms with E-state index in [2.05, 4.69) is 146 Å². The van der Waals surface area contributed by atoms with Gasteiger partial charge in [0.1, 0.15) is 0 Å². The molecule has 8 heteroatoms. The van der Waals surface area contributed by atoms with Gasteiger partial charge in [-0.25, -0.2) is 9.97 Å². The maximum Gasteiger partial charge on any atom is 3.00 e. The zero-order chi connectivity index (χ0) is 34.6. The average molecular weight is 715 g/mol. The Hall–Kier alpha value is -6.70. The molecule has 2 aliphatic rings. The largest absolute Gasteiger partial charge is 3.00 e. The summed E-state index contributed by atoms with van der Waals surface area (Å²) in [5, 5.41) is 0. The molecule has 2 aliphatic heterocycles. The first kappa shape index (κ1) is 33.8. The fourth-order valence-corrected chi connectivity index (χ4v) is 6.69. The topological polar surface area (TPSA) is 114 Å². The van der Waals surface area contributed by atoms with Crippen LogP contribution in [0.2, 0.25) is 0 Å². The summed E-state index contributed by atoms with van der Waals surface area (Å²) in [5.41, 5.74) is 27.3. The van der Waals surface area contributed by atoms with Crippen LogP contribution >= 0.6 is 0 Å². The van der Waals surface area contributed by atoms with Gasteiger partial charge in [-0.3, -0.25) is 0 Å². The Balaban J connectivity index is 0.00000102. The van der Waals surface area contributed by atoms with Gasteiger partial charge < -0.3 is 9.97 Å². The van der Waals surface area contributed by atoms with Crippen molar-refractivity contribution < 1.29 is 16.8 Å². The van der Waals surface area contributed by atoms with Crippen LogP contribution in [0.5, 0.6) is 0 Å². The van der Waals surface area contributed by atoms with Gasteiger partial charge in [-0.05, 0) is 79.3 Å². The smallest absolute Gasteiger partial charge is 0.657 e. The van der Waals surface area contributed by atoms with Gasteiger partial charge in [0.15, 0.2) is 0 Å². The maximum atomic E-state index is 6.86. The number of nitrogens with zero attached hydrogens (tertiary/aromatic N) is 6. The van der Waals surface area contributed by atoms with Crippen molar-refractivity contribution in [3.63, 3.8) is 0 Å². The molecule has 9 rings (SSSR count). The van der Waals surface area contributed by atoms with Crippen molar-refractivity contribution in [2.45, 2.75) is 0 Å². The minimum atomic E-state index is 0. The Kier molecular flexibility index (Phi) is 9.77. The van der Waals surface area contributed by atoms with E-state index in [4.69, 9.17) is 31.0 Å². The molecule has 7 nitrogen and oxygen atoms in total. The zero-order valence-electron chi connectivity index (χ0n) is 27.7. The molecule has 0 saturated carbocycles. The number of benzene rings is 4. The standard InChI is InChI=1S/C44H28N4.Co.HN3/c1-5-13-29(14-6-1)41-33-21-23-35(45-33)42(30-15-7-2-8-16-30)37-25-27-39(47-37)44(32-19-11-4-12-20-32)40-28-26-38(48-40)43(31-17-9-3-10-18-31)36-24-22-34(41)46-36;;1-3-2/h1-28H;;1H/q-2;+3;. The summed E-state index contributed by atoms with van der Waals surface area (Å²) in [6.07, 6.45) is 8.41. The van der Waals surface area contributed by atoms with Crippen molar-refractivity contribution in [3.05, 3.63) is 179 Å². The van der Waals surface area contributed by atoms with E-state index >= 15 is 0 Å². The second-order valence-electron chi connectivity index (χ2n) is 11.9. The maximum absolute atomic E-state index is 6.86. The summed E-state index contributed by atoms with van der Waals surface area (Å²) in [5.74, 6) is 0. The molecule has 0 amide bonds. The van der Waals surface area contributed by atoms with Crippen molar-refractivity contribution in [2.75, 3.05) is 0 Å². The molecule has 0 saturated heterocycles. The summed E-state index contributed by atoms with van der Waals surface area (Å²) in [4.78, 5) is 23.0. The zero-order valence-corrected chi connectivity index (χ0v) is 28.7. The monoisotopic (exact) mass is 714 g/mol. The summed E-state index contributed by atoms with van der Waals surface area (Å²) >= 11 is 0. The molecule has 0 atom stereocenters. The van der Waals surface area contributed by atoms with Crippen LogP contribution in [-0.4, -0.2) is 9.97 Å². The van der Waals surface area contributed by atoms with Crippen molar-refractivity contribution in [2.24, 2.45) is 0 Å². The van der Waals surface area contributed by atoms with E-state index in [0.29, 0.717) is 0 Å². The molecule has 0 spiro atoms. The molecule has 52 heavy (non-hydrogen) atoms. The normalized spacial score (nSPS) is 11.2. The van der Waals surface area contributed by atoms with Gasteiger partial charge in [-0.15, -0.1) is 27.6 Å². The van der Waals surface area contributed by atoms with Crippen LogP contribution in [0.4, 0.5) is 0 Å². The Morgan fingerprint density at radius 1 is 0.385 bits per heavy atom. The van der Waals surface area contributed by atoms with E-state index < -0.39 is 0 Å². The molecule has 7 aromatic rings. The van der Waals surface area contributed by atoms with Gasteiger partial charge in [0.05, 0.1) is 22.8 Å². The van der Waals surface area contributed by atoms with Crippen LogP contribution in [-0.2, 0) is 16.8 Å². The third-order valence-corrected chi connectivity index (χ3v) is 8.86. The molecule has 4 aromatic carbocycles. The van der Waals surface area contributed by atoms with Crippen molar-refractivity contribution in [3.8, 4) is 44.5 Å². The first-order valence-electron chi connectivity index (χ1n) is 16.5. The van der Waals surface area contributed by atoms with Crippen molar-refractivity contribution in [1.82, 2.24) is 19.9 Å². The Morgan fingerprint density at radius 2 is 0.596 bits per heavy atom. The Bertz CT molecular complexity index is 2290. The van der Waals surface area contributed by atoms with Crippen molar-refractivity contribution >= 4 is 46.4 Å². The molecule has 1 N–H and O–H groups in total. The number of aromatic nitrogens is 4. The van der Waals surface area contributed by atoms with Crippen LogP contribution in [0.1, 0.15) is 22.8 Å². The average Bonchev–Trinajstić information content (AvgIpc) is 4.02. The van der Waals surface area contributed by atoms with E-state index in [9.17, 15) is 0 Å². The van der Waals surface area contributed by atoms with Gasteiger partial charge in [0.2, 0.25) is 0 Å². The fraction of sp³-hybridized carbons (Fsp3) is 0. The molecular formula is C44H29CoN7+. The number of hydrogen-bond donors (Lipinski definition) is 1. The molecule has 0 aliphatic carbocycles. The van der Waals surface area contributed by atoms with Gasteiger partial charge in [0.25, 0.3) is 0 Å². The van der Waals surface area contributed by atoms with Crippen LogP contribution in [0.25, 0.3) is 101 Å². The molecule has 248 valence electrons. The summed E-state index contributed by atoms with van der Waals surface area (Å²) < 4.78 is 0. The third kappa shape index (κ3) is 6.48. The van der Waals surface area contributed by atoms with E-state index in [1.165, 1.54) is 0 Å².